The summed E-state index contributed by atoms with van der Waals surface area (Å²) in [6, 6.07) is 13.7. The molecule has 2 aromatic carbocycles. The molecular formula is C23H22N4O2. The van der Waals surface area contributed by atoms with E-state index >= 15 is 0 Å². The lowest BCUT2D eigenvalue weighted by Gasteiger charge is -2.30. The Morgan fingerprint density at radius 3 is 2.76 bits per heavy atom. The van der Waals surface area contributed by atoms with Crippen molar-refractivity contribution in [3.8, 4) is 0 Å². The zero-order valence-corrected chi connectivity index (χ0v) is 16.1. The van der Waals surface area contributed by atoms with Crippen molar-refractivity contribution < 1.29 is 9.32 Å². The number of amides is 1. The number of aromatic nitrogens is 2. The third-order valence-electron chi connectivity index (χ3n) is 5.55. The van der Waals surface area contributed by atoms with E-state index in [2.05, 4.69) is 26.4 Å². The quantitative estimate of drug-likeness (QED) is 0.557. The van der Waals surface area contributed by atoms with Crippen LogP contribution in [0.25, 0.3) is 21.7 Å². The Labute approximate surface area is 168 Å². The van der Waals surface area contributed by atoms with Crippen LogP contribution in [0.15, 0.2) is 59.4 Å². The van der Waals surface area contributed by atoms with Crippen LogP contribution in [0.3, 0.4) is 0 Å². The maximum absolute atomic E-state index is 12.7. The highest BCUT2D eigenvalue weighted by Crippen LogP contribution is 2.33. The lowest BCUT2D eigenvalue weighted by molar-refractivity contribution is -0.115. The smallest absolute Gasteiger partial charge is 0.230 e. The Balaban J connectivity index is 1.42. The largest absolute Gasteiger partial charge is 0.371 e. The molecule has 29 heavy (non-hydrogen) atoms. The molecule has 1 aliphatic heterocycles. The van der Waals surface area contributed by atoms with Gasteiger partial charge in [-0.3, -0.25) is 9.78 Å². The summed E-state index contributed by atoms with van der Waals surface area (Å²) in [6.45, 7) is 2.14. The number of benzene rings is 2. The number of carbonyl (C=O) groups is 1. The zero-order valence-electron chi connectivity index (χ0n) is 16.1. The average Bonchev–Trinajstić information content (AvgIpc) is 3.17. The second kappa shape index (κ2) is 7.54. The summed E-state index contributed by atoms with van der Waals surface area (Å²) in [5.74, 6) is -0.125. The fraction of sp³-hybridized carbons (Fsp3) is 0.261. The number of nitrogens with one attached hydrogen (secondary N) is 1. The number of fused-ring (bicyclic) bond motifs is 2. The monoisotopic (exact) mass is 386 g/mol. The van der Waals surface area contributed by atoms with Crippen molar-refractivity contribution in [1.29, 1.82) is 0 Å². The minimum atomic E-state index is -0.125. The normalized spacial score (nSPS) is 14.4. The Kier molecular flexibility index (Phi) is 4.60. The molecule has 1 amide bonds. The molecule has 6 nitrogen and oxygen atoms in total. The number of nitrogens with zero attached hydrogens (tertiary/aromatic N) is 3. The molecule has 5 rings (SSSR count). The molecule has 1 aliphatic rings. The van der Waals surface area contributed by atoms with Crippen LogP contribution in [0.2, 0.25) is 0 Å². The van der Waals surface area contributed by atoms with Crippen LogP contribution in [0.5, 0.6) is 0 Å². The molecule has 0 atom stereocenters. The molecule has 0 bridgehead atoms. The van der Waals surface area contributed by atoms with E-state index in [1.54, 1.807) is 0 Å². The first kappa shape index (κ1) is 17.7. The molecule has 146 valence electrons. The highest BCUT2D eigenvalue weighted by molar-refractivity contribution is 6.07. The van der Waals surface area contributed by atoms with E-state index in [1.165, 1.54) is 24.9 Å². The lowest BCUT2D eigenvalue weighted by atomic mass is 10.0. The summed E-state index contributed by atoms with van der Waals surface area (Å²) < 4.78 is 5.31. The molecular weight excluding hydrogens is 364 g/mol. The fourth-order valence-corrected chi connectivity index (χ4v) is 4.11. The predicted octanol–water partition coefficient (Wildman–Crippen LogP) is 4.55. The number of hydrogen-bond donors (Lipinski definition) is 1. The van der Waals surface area contributed by atoms with Crippen LogP contribution in [0, 0.1) is 0 Å². The van der Waals surface area contributed by atoms with Crippen molar-refractivity contribution in [1.82, 2.24) is 10.1 Å². The summed E-state index contributed by atoms with van der Waals surface area (Å²) in [6.07, 6.45) is 7.52. The Morgan fingerprint density at radius 2 is 1.86 bits per heavy atom. The van der Waals surface area contributed by atoms with Crippen LogP contribution >= 0.6 is 0 Å². The van der Waals surface area contributed by atoms with Gasteiger partial charge in [0.05, 0.1) is 12.1 Å². The fourth-order valence-electron chi connectivity index (χ4n) is 4.11. The number of hydrogen-bond acceptors (Lipinski definition) is 5. The van der Waals surface area contributed by atoms with Crippen molar-refractivity contribution in [3.05, 3.63) is 60.6 Å². The van der Waals surface area contributed by atoms with Crippen molar-refractivity contribution in [3.63, 3.8) is 0 Å². The maximum Gasteiger partial charge on any atom is 0.230 e. The van der Waals surface area contributed by atoms with Crippen molar-refractivity contribution in [2.24, 2.45) is 0 Å². The topological polar surface area (TPSA) is 71.3 Å². The van der Waals surface area contributed by atoms with Gasteiger partial charge in [0.25, 0.3) is 0 Å². The molecule has 0 spiro atoms. The second-order valence-corrected chi connectivity index (χ2v) is 7.45. The molecule has 2 aromatic heterocycles. The van der Waals surface area contributed by atoms with Gasteiger partial charge in [-0.15, -0.1) is 0 Å². The summed E-state index contributed by atoms with van der Waals surface area (Å²) >= 11 is 0. The number of rotatable bonds is 4. The SMILES string of the molecule is O=C(Cc1noc2ccccc12)Nc1ccc(N2CCCCC2)c2ccncc12. The average molecular weight is 386 g/mol. The molecule has 1 saturated heterocycles. The Morgan fingerprint density at radius 1 is 1.00 bits per heavy atom. The third-order valence-corrected chi connectivity index (χ3v) is 5.55. The van der Waals surface area contributed by atoms with Crippen LogP contribution in [-0.2, 0) is 11.2 Å². The van der Waals surface area contributed by atoms with E-state index in [4.69, 9.17) is 4.52 Å². The van der Waals surface area contributed by atoms with E-state index < -0.39 is 0 Å². The summed E-state index contributed by atoms with van der Waals surface area (Å²) in [7, 11) is 0. The van der Waals surface area contributed by atoms with Crippen LogP contribution < -0.4 is 10.2 Å². The van der Waals surface area contributed by atoms with E-state index in [9.17, 15) is 4.79 Å². The van der Waals surface area contributed by atoms with E-state index in [0.29, 0.717) is 11.3 Å². The molecule has 6 heteroatoms. The van der Waals surface area contributed by atoms with Crippen LogP contribution in [-0.4, -0.2) is 29.1 Å². The molecule has 4 aromatic rings. The van der Waals surface area contributed by atoms with Gasteiger partial charge >= 0.3 is 0 Å². The first-order valence-corrected chi connectivity index (χ1v) is 10.0. The molecule has 1 N–H and O–H groups in total. The number of anilines is 2. The van der Waals surface area contributed by atoms with Gasteiger partial charge in [-0.25, -0.2) is 0 Å². The summed E-state index contributed by atoms with van der Waals surface area (Å²) in [5.41, 5.74) is 3.32. The summed E-state index contributed by atoms with van der Waals surface area (Å²) in [4.78, 5) is 19.4. The van der Waals surface area contributed by atoms with Gasteiger partial charge in [0.15, 0.2) is 5.58 Å². The summed E-state index contributed by atoms with van der Waals surface area (Å²) in [5, 5.41) is 10.0. The zero-order chi connectivity index (χ0) is 19.6. The minimum Gasteiger partial charge on any atom is -0.371 e. The molecule has 0 unspecified atom stereocenters. The van der Waals surface area contributed by atoms with Gasteiger partial charge in [-0.2, -0.15) is 0 Å². The van der Waals surface area contributed by atoms with Crippen LogP contribution in [0.4, 0.5) is 11.4 Å². The highest BCUT2D eigenvalue weighted by Gasteiger charge is 2.17. The number of carbonyl (C=O) groups excluding carboxylic acids is 1. The van der Waals surface area contributed by atoms with E-state index in [-0.39, 0.29) is 12.3 Å². The van der Waals surface area contributed by atoms with Crippen LogP contribution in [0.1, 0.15) is 25.0 Å². The molecule has 0 saturated carbocycles. The van der Waals surface area contributed by atoms with Crippen molar-refractivity contribution in [2.45, 2.75) is 25.7 Å². The number of para-hydroxylation sites is 1. The van der Waals surface area contributed by atoms with Gasteiger partial charge in [-0.05, 0) is 49.6 Å². The minimum absolute atomic E-state index is 0.125. The van der Waals surface area contributed by atoms with E-state index in [1.807, 2.05) is 48.8 Å². The Bertz CT molecular complexity index is 1180. The highest BCUT2D eigenvalue weighted by atomic mass is 16.5. The number of piperidine rings is 1. The van der Waals surface area contributed by atoms with Crippen molar-refractivity contribution >= 4 is 39.0 Å². The third kappa shape index (κ3) is 3.42. The van der Waals surface area contributed by atoms with Gasteiger partial charge in [0, 0.05) is 47.3 Å². The molecule has 0 aliphatic carbocycles. The maximum atomic E-state index is 12.7. The molecule has 0 radical (unpaired) electrons. The lowest BCUT2D eigenvalue weighted by Crippen LogP contribution is -2.29. The first-order valence-electron chi connectivity index (χ1n) is 10.0. The Hall–Kier alpha value is -3.41. The predicted molar refractivity (Wildman–Crippen MR) is 114 cm³/mol. The standard InChI is InChI=1S/C23H22N4O2/c28-23(14-20-17-6-2-3-7-22(17)29-26-20)25-19-8-9-21(27-12-4-1-5-13-27)16-10-11-24-15-18(16)19/h2-3,6-11,15H,1,4-5,12-14H2,(H,25,28). The number of pyridine rings is 1. The second-order valence-electron chi connectivity index (χ2n) is 7.45. The first-order chi connectivity index (χ1) is 14.3. The molecule has 3 heterocycles. The van der Waals surface area contributed by atoms with Gasteiger partial charge in [0.2, 0.25) is 5.91 Å². The van der Waals surface area contributed by atoms with Crippen molar-refractivity contribution in [2.75, 3.05) is 23.3 Å². The van der Waals surface area contributed by atoms with Gasteiger partial charge in [-0.1, -0.05) is 17.3 Å². The molecule has 1 fully saturated rings. The van der Waals surface area contributed by atoms with Gasteiger partial charge < -0.3 is 14.7 Å². The van der Waals surface area contributed by atoms with Gasteiger partial charge in [0.1, 0.15) is 5.69 Å². The van der Waals surface area contributed by atoms with E-state index in [0.717, 1.165) is 34.9 Å².